The van der Waals surface area contributed by atoms with Gasteiger partial charge in [0.25, 0.3) is 5.91 Å². The van der Waals surface area contributed by atoms with E-state index in [2.05, 4.69) is 12.1 Å². The number of rotatable bonds is 8. The predicted molar refractivity (Wildman–Crippen MR) is 63.4 cm³/mol. The summed E-state index contributed by atoms with van der Waals surface area (Å²) in [4.78, 5) is 16.0. The minimum atomic E-state index is -0.909. The third kappa shape index (κ3) is 4.72. The number of hydrogen-bond donors (Lipinski definition) is 0. The first-order valence-corrected chi connectivity index (χ1v) is 5.75. The highest BCUT2D eigenvalue weighted by Crippen LogP contribution is 2.04. The molecule has 5 heteroatoms. The maximum atomic E-state index is 11.0. The number of nitrogens with zero attached hydrogens (tertiary/aromatic N) is 1. The first kappa shape index (κ1) is 13.3. The van der Waals surface area contributed by atoms with Gasteiger partial charge in [-0.1, -0.05) is 24.9 Å². The Balaban J connectivity index is 2.41. The van der Waals surface area contributed by atoms with Crippen LogP contribution >= 0.6 is 0 Å². The van der Waals surface area contributed by atoms with Crippen molar-refractivity contribution < 1.29 is 14.0 Å². The molecule has 0 saturated heterocycles. The van der Waals surface area contributed by atoms with Gasteiger partial charge in [-0.3, -0.25) is 10.5 Å². The fourth-order valence-corrected chi connectivity index (χ4v) is 1.32. The lowest BCUT2D eigenvalue weighted by Gasteiger charge is -2.00. The molecule has 0 aromatic carbocycles. The molecule has 17 heavy (non-hydrogen) atoms. The molecule has 0 aliphatic rings. The lowest BCUT2D eigenvalue weighted by atomic mass is 10.2. The van der Waals surface area contributed by atoms with Gasteiger partial charge in [0.1, 0.15) is 6.61 Å². The maximum absolute atomic E-state index is 11.0. The largest absolute Gasteiger partial charge is 0.462 e. The number of furan rings is 1. The quantitative estimate of drug-likeness (QED) is 0.395. The Morgan fingerprint density at radius 2 is 2.29 bits per heavy atom. The minimum Gasteiger partial charge on any atom is -0.462 e. The maximum Gasteiger partial charge on any atom is 0.295 e. The number of amides is 1. The van der Waals surface area contributed by atoms with Crippen LogP contribution in [0.15, 0.2) is 28.0 Å². The Hall–Kier alpha value is -1.78. The molecule has 1 radical (unpaired) electrons. The Morgan fingerprint density at radius 1 is 1.47 bits per heavy atom. The lowest BCUT2D eigenvalue weighted by molar-refractivity contribution is -0.112. The molecule has 0 spiro atoms. The molecular weight excluding hydrogens is 220 g/mol. The van der Waals surface area contributed by atoms with Crippen molar-refractivity contribution in [3.8, 4) is 0 Å². The van der Waals surface area contributed by atoms with Gasteiger partial charge in [-0.05, 0) is 25.0 Å². The number of unbranched alkanes of at least 4 members (excludes halogenated alkanes) is 3. The second-order valence-electron chi connectivity index (χ2n) is 3.64. The first-order chi connectivity index (χ1) is 8.25. The van der Waals surface area contributed by atoms with Crippen molar-refractivity contribution in [1.82, 2.24) is 5.73 Å². The summed E-state index contributed by atoms with van der Waals surface area (Å²) in [5.41, 5.74) is 6.96. The summed E-state index contributed by atoms with van der Waals surface area (Å²) < 4.78 is 5.00. The van der Waals surface area contributed by atoms with Gasteiger partial charge < -0.3 is 9.25 Å². The average molecular weight is 237 g/mol. The molecule has 0 atom stereocenters. The average Bonchev–Trinajstić information content (AvgIpc) is 2.81. The number of nitrogens with one attached hydrogen (secondary N) is 1. The van der Waals surface area contributed by atoms with Gasteiger partial charge >= 0.3 is 0 Å². The van der Waals surface area contributed by atoms with Crippen LogP contribution in [0, 0.1) is 0 Å². The highest BCUT2D eigenvalue weighted by molar-refractivity contribution is 6.43. The first-order valence-electron chi connectivity index (χ1n) is 5.75. The van der Waals surface area contributed by atoms with E-state index in [0.717, 1.165) is 25.7 Å². The Morgan fingerprint density at radius 3 is 2.88 bits per heavy atom. The monoisotopic (exact) mass is 237 g/mol. The van der Waals surface area contributed by atoms with E-state index in [4.69, 9.17) is 15.0 Å². The van der Waals surface area contributed by atoms with E-state index in [0.29, 0.717) is 6.61 Å². The van der Waals surface area contributed by atoms with Crippen LogP contribution in [0.25, 0.3) is 0 Å². The standard InChI is InChI=1S/C12H17N2O3/c1-2-3-4-5-9-17-14-11(12(13)15)10-7-6-8-16-10/h6-8,13H,2-5,9H2,1H3. The van der Waals surface area contributed by atoms with Crippen molar-refractivity contribution in [1.29, 1.82) is 0 Å². The molecule has 0 bridgehead atoms. The molecule has 0 fully saturated rings. The zero-order chi connectivity index (χ0) is 12.5. The molecule has 0 saturated carbocycles. The molecular formula is C12H17N2O3. The molecule has 0 aliphatic carbocycles. The second-order valence-corrected chi connectivity index (χ2v) is 3.64. The van der Waals surface area contributed by atoms with E-state index in [9.17, 15) is 4.79 Å². The van der Waals surface area contributed by atoms with Crippen LogP contribution in [0.1, 0.15) is 38.4 Å². The van der Waals surface area contributed by atoms with Crippen molar-refractivity contribution >= 4 is 11.6 Å². The van der Waals surface area contributed by atoms with Gasteiger partial charge in [0.2, 0.25) is 5.71 Å². The van der Waals surface area contributed by atoms with Gasteiger partial charge in [0.05, 0.1) is 6.26 Å². The molecule has 1 heterocycles. The molecule has 1 N–H and O–H groups in total. The van der Waals surface area contributed by atoms with Crippen LogP contribution in [0.2, 0.25) is 0 Å². The topological polar surface area (TPSA) is 75.6 Å². The highest BCUT2D eigenvalue weighted by Gasteiger charge is 2.14. The van der Waals surface area contributed by atoms with Crippen LogP contribution in [0.4, 0.5) is 0 Å². The van der Waals surface area contributed by atoms with Crippen molar-refractivity contribution in [3.05, 3.63) is 24.2 Å². The molecule has 0 unspecified atom stereocenters. The van der Waals surface area contributed by atoms with Gasteiger partial charge in [0, 0.05) is 0 Å². The van der Waals surface area contributed by atoms with Gasteiger partial charge in [0.15, 0.2) is 5.76 Å². The van der Waals surface area contributed by atoms with Crippen LogP contribution in [-0.4, -0.2) is 18.2 Å². The molecule has 1 amide bonds. The molecule has 0 aliphatic heterocycles. The molecule has 93 valence electrons. The number of carbonyl (C=O) groups excluding carboxylic acids is 1. The summed E-state index contributed by atoms with van der Waals surface area (Å²) in [5.74, 6) is -0.646. The Bertz CT molecular complexity index is 358. The number of carbonyl (C=O) groups is 1. The van der Waals surface area contributed by atoms with Gasteiger partial charge in [-0.25, -0.2) is 0 Å². The van der Waals surface area contributed by atoms with E-state index in [1.165, 1.54) is 6.26 Å². The van der Waals surface area contributed by atoms with E-state index in [1.807, 2.05) is 0 Å². The van der Waals surface area contributed by atoms with Crippen LogP contribution in [0.3, 0.4) is 0 Å². The molecule has 5 nitrogen and oxygen atoms in total. The third-order valence-corrected chi connectivity index (χ3v) is 2.21. The Labute approximate surface area is 101 Å². The predicted octanol–water partition coefficient (Wildman–Crippen LogP) is 2.39. The van der Waals surface area contributed by atoms with Crippen LogP contribution in [-0.2, 0) is 9.63 Å². The summed E-state index contributed by atoms with van der Waals surface area (Å²) in [6.07, 6.45) is 5.72. The lowest BCUT2D eigenvalue weighted by Crippen LogP contribution is -2.16. The van der Waals surface area contributed by atoms with Gasteiger partial charge in [-0.15, -0.1) is 0 Å². The smallest absolute Gasteiger partial charge is 0.295 e. The van der Waals surface area contributed by atoms with E-state index < -0.39 is 5.91 Å². The zero-order valence-corrected chi connectivity index (χ0v) is 9.94. The summed E-state index contributed by atoms with van der Waals surface area (Å²) in [6.45, 7) is 2.59. The summed E-state index contributed by atoms with van der Waals surface area (Å²) in [7, 11) is 0. The van der Waals surface area contributed by atoms with Crippen LogP contribution in [0.5, 0.6) is 0 Å². The number of hydrogen-bond acceptors (Lipinski definition) is 4. The normalized spacial score (nSPS) is 11.5. The van der Waals surface area contributed by atoms with Crippen molar-refractivity contribution in [2.24, 2.45) is 5.16 Å². The van der Waals surface area contributed by atoms with E-state index in [-0.39, 0.29) is 11.5 Å². The van der Waals surface area contributed by atoms with Crippen LogP contribution < -0.4 is 5.73 Å². The Kier molecular flexibility index (Phi) is 5.85. The fourth-order valence-electron chi connectivity index (χ4n) is 1.32. The summed E-state index contributed by atoms with van der Waals surface area (Å²) >= 11 is 0. The highest BCUT2D eigenvalue weighted by atomic mass is 16.6. The minimum absolute atomic E-state index is 0.0921. The zero-order valence-electron chi connectivity index (χ0n) is 9.94. The van der Waals surface area contributed by atoms with Crippen molar-refractivity contribution in [2.75, 3.05) is 6.61 Å². The van der Waals surface area contributed by atoms with E-state index in [1.54, 1.807) is 12.1 Å². The van der Waals surface area contributed by atoms with Gasteiger partial charge in [-0.2, -0.15) is 0 Å². The van der Waals surface area contributed by atoms with Crippen molar-refractivity contribution in [2.45, 2.75) is 32.6 Å². The number of oxime groups is 1. The second kappa shape index (κ2) is 7.49. The molecule has 1 aromatic heterocycles. The van der Waals surface area contributed by atoms with E-state index >= 15 is 0 Å². The third-order valence-electron chi connectivity index (χ3n) is 2.21. The molecule has 1 rings (SSSR count). The molecule has 1 aromatic rings. The van der Waals surface area contributed by atoms with Crippen molar-refractivity contribution in [3.63, 3.8) is 0 Å². The summed E-state index contributed by atoms with van der Waals surface area (Å²) in [5, 5.41) is 3.65. The SMILES string of the molecule is CCCCCCON=C(C([NH])=O)c1ccco1. The fraction of sp³-hybridized carbons (Fsp3) is 0.500. The summed E-state index contributed by atoms with van der Waals surface area (Å²) in [6, 6.07) is 3.21.